The number of carbonyl (C=O) groups is 3. The van der Waals surface area contributed by atoms with E-state index in [9.17, 15) is 27.2 Å². The number of carboxylic acids is 1. The normalized spacial score (nSPS) is 19.5. The number of nitrogens with zero attached hydrogens (tertiary/aromatic N) is 1. The molecule has 2 aliphatic rings. The molecule has 2 atom stereocenters. The van der Waals surface area contributed by atoms with Crippen molar-refractivity contribution in [3.8, 4) is 0 Å². The van der Waals surface area contributed by atoms with Crippen LogP contribution in [0.15, 0.2) is 54.6 Å². The maximum atomic E-state index is 13.4. The summed E-state index contributed by atoms with van der Waals surface area (Å²) >= 11 is 0. The van der Waals surface area contributed by atoms with Gasteiger partial charge in [0.1, 0.15) is 11.5 Å². The number of H-pyrrole nitrogens is 1. The van der Waals surface area contributed by atoms with Gasteiger partial charge in [-0.1, -0.05) is 30.3 Å². The van der Waals surface area contributed by atoms with E-state index in [-0.39, 0.29) is 29.6 Å². The van der Waals surface area contributed by atoms with Crippen LogP contribution < -0.4 is 10.6 Å². The van der Waals surface area contributed by atoms with Crippen molar-refractivity contribution in [1.82, 2.24) is 20.5 Å². The van der Waals surface area contributed by atoms with Gasteiger partial charge in [-0.3, -0.25) is 9.59 Å². The highest BCUT2D eigenvalue weighted by atomic mass is 19.4. The summed E-state index contributed by atoms with van der Waals surface area (Å²) < 4.78 is 45.1. The minimum Gasteiger partial charge on any atom is -0.475 e. The predicted molar refractivity (Wildman–Crippen MR) is 139 cm³/mol. The highest BCUT2D eigenvalue weighted by Crippen LogP contribution is 2.47. The monoisotopic (exact) mass is 562 g/mol. The molecule has 0 saturated carbocycles. The molecule has 0 bridgehead atoms. The van der Waals surface area contributed by atoms with Crippen molar-refractivity contribution in [2.45, 2.75) is 37.9 Å². The van der Waals surface area contributed by atoms with E-state index in [0.717, 1.165) is 48.9 Å². The molecular formula is C28H30F4N4O4. The van der Waals surface area contributed by atoms with Crippen molar-refractivity contribution in [3.05, 3.63) is 71.7 Å². The number of aromatic nitrogens is 1. The zero-order valence-electron chi connectivity index (χ0n) is 21.7. The number of nitrogens with one attached hydrogen (secondary N) is 3. The number of fused-ring (bicyclic) bond motifs is 1. The zero-order chi connectivity index (χ0) is 29.1. The number of aliphatic carboxylic acids is 1. The van der Waals surface area contributed by atoms with E-state index in [0.29, 0.717) is 12.2 Å². The Morgan fingerprint density at radius 3 is 2.35 bits per heavy atom. The first-order valence-electron chi connectivity index (χ1n) is 12.8. The number of benzene rings is 2. The quantitative estimate of drug-likeness (QED) is 0.351. The van der Waals surface area contributed by atoms with Crippen LogP contribution in [0.4, 0.5) is 17.6 Å². The SMILES string of the molecule is C[C@@H](CN1CCC2(CC1)C(=O)NC[C@@H]2c1ccc(F)cc1)NC(=O)c1cc2ccccc2[nH]1.O=C(O)C(F)(F)F. The third-order valence-electron chi connectivity index (χ3n) is 7.53. The Labute approximate surface area is 227 Å². The van der Waals surface area contributed by atoms with Crippen LogP contribution in [-0.4, -0.2) is 71.2 Å². The van der Waals surface area contributed by atoms with Gasteiger partial charge in [-0.05, 0) is 62.7 Å². The number of piperidine rings is 1. The summed E-state index contributed by atoms with van der Waals surface area (Å²) in [5, 5.41) is 14.3. The average molecular weight is 563 g/mol. The molecular weight excluding hydrogens is 532 g/mol. The van der Waals surface area contributed by atoms with Crippen molar-refractivity contribution >= 4 is 28.7 Å². The maximum absolute atomic E-state index is 13.4. The summed E-state index contributed by atoms with van der Waals surface area (Å²) in [4.78, 5) is 39.9. The lowest BCUT2D eigenvalue weighted by molar-refractivity contribution is -0.192. The van der Waals surface area contributed by atoms with Gasteiger partial charge in [0.25, 0.3) is 5.91 Å². The molecule has 214 valence electrons. The topological polar surface area (TPSA) is 115 Å². The van der Waals surface area contributed by atoms with Crippen molar-refractivity contribution in [3.63, 3.8) is 0 Å². The lowest BCUT2D eigenvalue weighted by Crippen LogP contribution is -2.49. The molecule has 2 aliphatic heterocycles. The van der Waals surface area contributed by atoms with Crippen molar-refractivity contribution < 1.29 is 37.1 Å². The van der Waals surface area contributed by atoms with E-state index in [1.54, 1.807) is 12.1 Å². The van der Waals surface area contributed by atoms with Gasteiger partial charge in [-0.25, -0.2) is 9.18 Å². The summed E-state index contributed by atoms with van der Waals surface area (Å²) in [7, 11) is 0. The van der Waals surface area contributed by atoms with Gasteiger partial charge < -0.3 is 25.6 Å². The molecule has 2 amide bonds. The Morgan fingerprint density at radius 1 is 1.12 bits per heavy atom. The number of rotatable bonds is 5. The largest absolute Gasteiger partial charge is 0.490 e. The summed E-state index contributed by atoms with van der Waals surface area (Å²) in [6.45, 7) is 4.91. The molecule has 1 aromatic heterocycles. The molecule has 1 spiro atoms. The number of para-hydroxylation sites is 1. The summed E-state index contributed by atoms with van der Waals surface area (Å²) in [5.74, 6) is -2.96. The third kappa shape index (κ3) is 6.44. The second-order valence-electron chi connectivity index (χ2n) is 10.2. The molecule has 0 unspecified atom stereocenters. The lowest BCUT2D eigenvalue weighted by Gasteiger charge is -2.41. The van der Waals surface area contributed by atoms with Gasteiger partial charge >= 0.3 is 12.1 Å². The minimum absolute atomic E-state index is 0.0248. The first kappa shape index (κ1) is 29.1. The molecule has 3 aromatic rings. The molecule has 5 rings (SSSR count). The standard InChI is InChI=1S/C26H29FN4O2.C2HF3O2/c1-17(29-24(32)23-14-19-4-2-3-5-22(19)30-23)16-31-12-10-26(11-13-31)21(15-28-25(26)33)18-6-8-20(27)9-7-18;3-2(4,5)1(6)7/h2-9,14,17,21,30H,10-13,15-16H2,1H3,(H,28,33)(H,29,32);(H,6,7)/t17-,21+;/m0./s1. The Bertz CT molecular complexity index is 1330. The predicted octanol–water partition coefficient (Wildman–Crippen LogP) is 4.05. The number of hydrogen-bond donors (Lipinski definition) is 4. The first-order valence-corrected chi connectivity index (χ1v) is 12.8. The van der Waals surface area contributed by atoms with Gasteiger partial charge in [-0.2, -0.15) is 13.2 Å². The molecule has 8 nitrogen and oxygen atoms in total. The third-order valence-corrected chi connectivity index (χ3v) is 7.53. The van der Waals surface area contributed by atoms with Crippen LogP contribution in [0.2, 0.25) is 0 Å². The molecule has 2 fully saturated rings. The Balaban J connectivity index is 0.000000470. The second-order valence-corrected chi connectivity index (χ2v) is 10.2. The maximum Gasteiger partial charge on any atom is 0.490 e. The number of alkyl halides is 3. The van der Waals surface area contributed by atoms with E-state index in [1.807, 2.05) is 37.3 Å². The van der Waals surface area contributed by atoms with Crippen LogP contribution >= 0.6 is 0 Å². The van der Waals surface area contributed by atoms with E-state index >= 15 is 0 Å². The molecule has 2 aromatic carbocycles. The van der Waals surface area contributed by atoms with Gasteiger partial charge in [-0.15, -0.1) is 0 Å². The smallest absolute Gasteiger partial charge is 0.475 e. The van der Waals surface area contributed by atoms with E-state index in [4.69, 9.17) is 9.90 Å². The highest BCUT2D eigenvalue weighted by molar-refractivity contribution is 5.98. The van der Waals surface area contributed by atoms with Crippen LogP contribution in [0.25, 0.3) is 10.9 Å². The number of carboxylic acid groups (broad SMARTS) is 1. The highest BCUT2D eigenvalue weighted by Gasteiger charge is 2.52. The van der Waals surface area contributed by atoms with E-state index in [2.05, 4.69) is 20.5 Å². The number of carbonyl (C=O) groups excluding carboxylic acids is 2. The van der Waals surface area contributed by atoms with Crippen molar-refractivity contribution in [2.24, 2.45) is 5.41 Å². The minimum atomic E-state index is -5.08. The number of halogens is 4. The van der Waals surface area contributed by atoms with Crippen LogP contribution in [0.1, 0.15) is 41.7 Å². The molecule has 12 heteroatoms. The fourth-order valence-corrected chi connectivity index (χ4v) is 5.50. The number of likely N-dealkylation sites (tertiary alicyclic amines) is 1. The average Bonchev–Trinajstić information content (AvgIpc) is 3.47. The van der Waals surface area contributed by atoms with Gasteiger partial charge in [0, 0.05) is 36.0 Å². The van der Waals surface area contributed by atoms with Gasteiger partial charge in [0.15, 0.2) is 0 Å². The zero-order valence-corrected chi connectivity index (χ0v) is 21.7. The van der Waals surface area contributed by atoms with Gasteiger partial charge in [0.2, 0.25) is 5.91 Å². The lowest BCUT2D eigenvalue weighted by atomic mass is 9.68. The number of hydrogen-bond acceptors (Lipinski definition) is 4. The second kappa shape index (κ2) is 11.7. The Kier molecular flexibility index (Phi) is 8.48. The van der Waals surface area contributed by atoms with Crippen LogP contribution in [-0.2, 0) is 9.59 Å². The number of aromatic amines is 1. The van der Waals surface area contributed by atoms with Crippen molar-refractivity contribution in [1.29, 1.82) is 0 Å². The van der Waals surface area contributed by atoms with E-state index < -0.39 is 17.6 Å². The molecule has 4 N–H and O–H groups in total. The molecule has 40 heavy (non-hydrogen) atoms. The fourth-order valence-electron chi connectivity index (χ4n) is 5.50. The summed E-state index contributed by atoms with van der Waals surface area (Å²) in [6, 6.07) is 16.2. The van der Waals surface area contributed by atoms with Crippen LogP contribution in [0.3, 0.4) is 0 Å². The molecule has 0 radical (unpaired) electrons. The Hall–Kier alpha value is -3.93. The molecule has 3 heterocycles. The Morgan fingerprint density at radius 2 is 1.75 bits per heavy atom. The van der Waals surface area contributed by atoms with E-state index in [1.165, 1.54) is 12.1 Å². The first-order chi connectivity index (χ1) is 18.9. The fraction of sp³-hybridized carbons (Fsp3) is 0.393. The summed E-state index contributed by atoms with van der Waals surface area (Å²) in [6.07, 6.45) is -3.58. The molecule has 2 saturated heterocycles. The number of amides is 2. The van der Waals surface area contributed by atoms with Crippen molar-refractivity contribution in [2.75, 3.05) is 26.2 Å². The van der Waals surface area contributed by atoms with Crippen LogP contribution in [0, 0.1) is 11.2 Å². The van der Waals surface area contributed by atoms with Gasteiger partial charge in [0.05, 0.1) is 5.41 Å². The van der Waals surface area contributed by atoms with Crippen LogP contribution in [0.5, 0.6) is 0 Å². The molecule has 0 aliphatic carbocycles. The summed E-state index contributed by atoms with van der Waals surface area (Å²) in [5.41, 5.74) is 2.08.